The van der Waals surface area contributed by atoms with Crippen LogP contribution in [0.15, 0.2) is 12.1 Å². The van der Waals surface area contributed by atoms with Crippen LogP contribution in [-0.2, 0) is 10.2 Å². The summed E-state index contributed by atoms with van der Waals surface area (Å²) in [6, 6.07) is 6.24. The summed E-state index contributed by atoms with van der Waals surface area (Å²) >= 11 is 0. The van der Waals surface area contributed by atoms with Crippen LogP contribution in [0.2, 0.25) is 0 Å². The number of hydrogen-bond acceptors (Lipinski definition) is 2. The molecule has 1 rings (SSSR count). The van der Waals surface area contributed by atoms with Crippen molar-refractivity contribution in [1.82, 2.24) is 5.32 Å². The molecule has 0 spiro atoms. The minimum Gasteiger partial charge on any atom is -0.354 e. The number of nitrogens with one attached hydrogen (secondary N) is 1. The van der Waals surface area contributed by atoms with E-state index < -0.39 is 0 Å². The van der Waals surface area contributed by atoms with Crippen molar-refractivity contribution < 1.29 is 4.79 Å². The maximum absolute atomic E-state index is 11.4. The predicted octanol–water partition coefficient (Wildman–Crippen LogP) is 2.92. The molecule has 0 aliphatic carbocycles. The van der Waals surface area contributed by atoms with Crippen molar-refractivity contribution in [1.29, 1.82) is 5.26 Å². The lowest BCUT2D eigenvalue weighted by Crippen LogP contribution is -2.37. The summed E-state index contributed by atoms with van der Waals surface area (Å²) in [6.07, 6.45) is -0.0814. The van der Waals surface area contributed by atoms with E-state index in [9.17, 15) is 4.79 Å². The largest absolute Gasteiger partial charge is 0.354 e. The van der Waals surface area contributed by atoms with Gasteiger partial charge in [-0.3, -0.25) is 4.79 Å². The Morgan fingerprint density at radius 1 is 1.21 bits per heavy atom. The Hall–Kier alpha value is -1.82. The first-order chi connectivity index (χ1) is 8.77. The average molecular weight is 258 g/mol. The fraction of sp³-hybridized carbons (Fsp3) is 0.500. The number of hydrogen-bond donors (Lipinski definition) is 1. The normalized spacial score (nSPS) is 10.9. The molecule has 0 bridgehead atoms. The minimum atomic E-state index is -0.211. The number of amides is 1. The highest BCUT2D eigenvalue weighted by atomic mass is 16.1. The second-order valence-electron chi connectivity index (χ2n) is 5.75. The summed E-state index contributed by atoms with van der Waals surface area (Å²) in [5, 5.41) is 11.3. The first-order valence-corrected chi connectivity index (χ1v) is 6.50. The Balaban J connectivity index is 2.91. The Labute approximate surface area is 115 Å². The zero-order valence-corrected chi connectivity index (χ0v) is 12.4. The van der Waals surface area contributed by atoms with E-state index in [1.54, 1.807) is 0 Å². The van der Waals surface area contributed by atoms with Crippen LogP contribution in [0, 0.1) is 32.1 Å². The number of rotatable bonds is 4. The van der Waals surface area contributed by atoms with Crippen molar-refractivity contribution in [3.63, 3.8) is 0 Å². The van der Waals surface area contributed by atoms with Gasteiger partial charge in [-0.25, -0.2) is 0 Å². The van der Waals surface area contributed by atoms with Gasteiger partial charge in [0.2, 0.25) is 5.91 Å². The fourth-order valence-electron chi connectivity index (χ4n) is 2.24. The molecule has 0 aliphatic rings. The molecule has 0 atom stereocenters. The Morgan fingerprint density at radius 3 is 2.37 bits per heavy atom. The Morgan fingerprint density at radius 2 is 1.79 bits per heavy atom. The van der Waals surface area contributed by atoms with E-state index in [1.807, 2.05) is 6.07 Å². The highest BCUT2D eigenvalue weighted by Gasteiger charge is 2.23. The van der Waals surface area contributed by atoms with Gasteiger partial charge < -0.3 is 5.32 Å². The first kappa shape index (κ1) is 15.2. The van der Waals surface area contributed by atoms with Gasteiger partial charge in [-0.15, -0.1) is 0 Å². The molecule has 1 aromatic rings. The number of nitriles is 1. The molecule has 0 unspecified atom stereocenters. The van der Waals surface area contributed by atoms with Crippen molar-refractivity contribution in [2.45, 2.75) is 46.5 Å². The zero-order valence-electron chi connectivity index (χ0n) is 12.4. The van der Waals surface area contributed by atoms with Crippen LogP contribution in [-0.4, -0.2) is 12.5 Å². The quantitative estimate of drug-likeness (QED) is 0.902. The van der Waals surface area contributed by atoms with Gasteiger partial charge in [0.1, 0.15) is 6.42 Å². The van der Waals surface area contributed by atoms with E-state index >= 15 is 0 Å². The van der Waals surface area contributed by atoms with Crippen LogP contribution >= 0.6 is 0 Å². The van der Waals surface area contributed by atoms with Gasteiger partial charge in [0.15, 0.2) is 0 Å². The fourth-order valence-corrected chi connectivity index (χ4v) is 2.24. The van der Waals surface area contributed by atoms with Crippen molar-refractivity contribution in [3.8, 4) is 6.07 Å². The monoisotopic (exact) mass is 258 g/mol. The van der Waals surface area contributed by atoms with E-state index in [0.29, 0.717) is 6.54 Å². The summed E-state index contributed by atoms with van der Waals surface area (Å²) in [4.78, 5) is 11.4. The number of benzene rings is 1. The van der Waals surface area contributed by atoms with Crippen molar-refractivity contribution >= 4 is 5.91 Å². The third kappa shape index (κ3) is 3.82. The highest BCUT2D eigenvalue weighted by Crippen LogP contribution is 2.28. The number of nitrogens with zero attached hydrogens (tertiary/aromatic N) is 1. The summed E-state index contributed by atoms with van der Waals surface area (Å²) in [7, 11) is 0. The molecule has 0 heterocycles. The van der Waals surface area contributed by atoms with Gasteiger partial charge in [-0.05, 0) is 43.0 Å². The molecule has 0 aromatic heterocycles. The van der Waals surface area contributed by atoms with Crippen LogP contribution in [0.5, 0.6) is 0 Å². The topological polar surface area (TPSA) is 52.9 Å². The lowest BCUT2D eigenvalue weighted by atomic mass is 9.80. The van der Waals surface area contributed by atoms with Crippen LogP contribution in [0.3, 0.4) is 0 Å². The molecule has 102 valence electrons. The lowest BCUT2D eigenvalue weighted by Gasteiger charge is -2.28. The number of aryl methyl sites for hydroxylation is 3. The molecule has 1 amide bonds. The summed E-state index contributed by atoms with van der Waals surface area (Å²) in [6.45, 7) is 11.1. The lowest BCUT2D eigenvalue weighted by molar-refractivity contribution is -0.120. The van der Waals surface area contributed by atoms with Crippen LogP contribution in [0.25, 0.3) is 0 Å². The van der Waals surface area contributed by atoms with Crippen LogP contribution in [0.4, 0.5) is 0 Å². The zero-order chi connectivity index (χ0) is 14.6. The van der Waals surface area contributed by atoms with Crippen molar-refractivity contribution in [2.24, 2.45) is 0 Å². The van der Waals surface area contributed by atoms with E-state index in [2.05, 4.69) is 52.1 Å². The average Bonchev–Trinajstić information content (AvgIpc) is 2.31. The highest BCUT2D eigenvalue weighted by molar-refractivity contribution is 5.78. The smallest absolute Gasteiger partial charge is 0.234 e. The summed E-state index contributed by atoms with van der Waals surface area (Å²) < 4.78 is 0. The van der Waals surface area contributed by atoms with E-state index in [-0.39, 0.29) is 17.7 Å². The molecule has 0 radical (unpaired) electrons. The van der Waals surface area contributed by atoms with Gasteiger partial charge in [0.05, 0.1) is 6.07 Å². The minimum absolute atomic E-state index is 0.0814. The van der Waals surface area contributed by atoms with Gasteiger partial charge in [0, 0.05) is 12.0 Å². The van der Waals surface area contributed by atoms with Gasteiger partial charge in [0.25, 0.3) is 0 Å². The van der Waals surface area contributed by atoms with Crippen molar-refractivity contribution in [2.75, 3.05) is 6.54 Å². The maximum Gasteiger partial charge on any atom is 0.234 e. The maximum atomic E-state index is 11.4. The number of carbonyl (C=O) groups is 1. The first-order valence-electron chi connectivity index (χ1n) is 6.50. The van der Waals surface area contributed by atoms with E-state index in [0.717, 1.165) is 0 Å². The molecular formula is C16H22N2O. The standard InChI is InChI=1S/C16H22N2O/c1-11-8-13(3)14(9-12(11)2)16(4,5)10-18-15(19)6-7-17/h8-9H,6,10H2,1-5H3,(H,18,19). The molecule has 0 saturated heterocycles. The molecule has 3 nitrogen and oxygen atoms in total. The summed E-state index contributed by atoms with van der Waals surface area (Å²) in [5.41, 5.74) is 4.88. The number of carbonyl (C=O) groups excluding carboxylic acids is 1. The molecule has 1 aromatic carbocycles. The van der Waals surface area contributed by atoms with Crippen LogP contribution in [0.1, 0.15) is 42.5 Å². The SMILES string of the molecule is Cc1cc(C)c(C(C)(C)CNC(=O)CC#N)cc1C. The molecular weight excluding hydrogens is 236 g/mol. The van der Waals surface area contributed by atoms with Crippen molar-refractivity contribution in [3.05, 3.63) is 34.4 Å². The van der Waals surface area contributed by atoms with Gasteiger partial charge in [-0.2, -0.15) is 5.26 Å². The van der Waals surface area contributed by atoms with Gasteiger partial charge >= 0.3 is 0 Å². The van der Waals surface area contributed by atoms with E-state index in [1.165, 1.54) is 22.3 Å². The second kappa shape index (κ2) is 5.88. The molecule has 0 fully saturated rings. The van der Waals surface area contributed by atoms with E-state index in [4.69, 9.17) is 5.26 Å². The third-order valence-corrected chi connectivity index (χ3v) is 3.54. The predicted molar refractivity (Wildman–Crippen MR) is 76.9 cm³/mol. The Bertz CT molecular complexity index is 524. The van der Waals surface area contributed by atoms with Crippen LogP contribution < -0.4 is 5.32 Å². The summed E-state index contributed by atoms with van der Waals surface area (Å²) in [5.74, 6) is -0.211. The molecule has 3 heteroatoms. The third-order valence-electron chi connectivity index (χ3n) is 3.54. The second-order valence-corrected chi connectivity index (χ2v) is 5.75. The molecule has 19 heavy (non-hydrogen) atoms. The molecule has 1 N–H and O–H groups in total. The van der Waals surface area contributed by atoms with Gasteiger partial charge in [-0.1, -0.05) is 26.0 Å². The molecule has 0 saturated carbocycles. The molecule has 0 aliphatic heterocycles. The Kier molecular flexibility index (Phi) is 4.72.